The number of fused-ring (bicyclic) bond motifs is 1. The van der Waals surface area contributed by atoms with E-state index in [1.165, 1.54) is 15.3 Å². The Morgan fingerprint density at radius 2 is 2.16 bits per heavy atom. The number of thioether (sulfide) groups is 1. The molecule has 1 aromatic heterocycles. The lowest BCUT2D eigenvalue weighted by Crippen LogP contribution is -2.43. The van der Waals surface area contributed by atoms with Gasteiger partial charge in [0.1, 0.15) is 0 Å². The van der Waals surface area contributed by atoms with Crippen molar-refractivity contribution < 1.29 is 0 Å². The van der Waals surface area contributed by atoms with Crippen molar-refractivity contribution in [1.29, 1.82) is 0 Å². The van der Waals surface area contributed by atoms with Crippen molar-refractivity contribution in [2.24, 2.45) is 5.84 Å². The average molecular weight is 311 g/mol. The SMILES string of the molecule is NNC(Cc1ccc(Cl)s1)C1Cc2ccccc2S1. The molecule has 0 amide bonds. The molecule has 1 aromatic carbocycles. The molecule has 1 aliphatic rings. The minimum Gasteiger partial charge on any atom is -0.271 e. The van der Waals surface area contributed by atoms with Crippen LogP contribution in [0.1, 0.15) is 10.4 Å². The lowest BCUT2D eigenvalue weighted by molar-refractivity contribution is 0.509. The summed E-state index contributed by atoms with van der Waals surface area (Å²) in [5.41, 5.74) is 4.41. The molecule has 0 aliphatic carbocycles. The van der Waals surface area contributed by atoms with E-state index < -0.39 is 0 Å². The number of hydrogen-bond donors (Lipinski definition) is 2. The summed E-state index contributed by atoms with van der Waals surface area (Å²) in [6.07, 6.45) is 2.01. The first-order chi connectivity index (χ1) is 9.26. The van der Waals surface area contributed by atoms with Gasteiger partial charge in [0.2, 0.25) is 0 Å². The summed E-state index contributed by atoms with van der Waals surface area (Å²) < 4.78 is 0.841. The minimum absolute atomic E-state index is 0.270. The van der Waals surface area contributed by atoms with E-state index in [4.69, 9.17) is 17.4 Å². The van der Waals surface area contributed by atoms with Crippen molar-refractivity contribution in [2.45, 2.75) is 29.0 Å². The van der Waals surface area contributed by atoms with Gasteiger partial charge < -0.3 is 0 Å². The lowest BCUT2D eigenvalue weighted by atomic mass is 10.0. The molecule has 0 radical (unpaired) electrons. The fourth-order valence-corrected chi connectivity index (χ4v) is 4.94. The highest BCUT2D eigenvalue weighted by atomic mass is 35.5. The zero-order chi connectivity index (χ0) is 13.2. The Morgan fingerprint density at radius 3 is 2.84 bits per heavy atom. The summed E-state index contributed by atoms with van der Waals surface area (Å²) in [5.74, 6) is 5.75. The highest BCUT2D eigenvalue weighted by Gasteiger charge is 2.29. The molecule has 2 nitrogen and oxygen atoms in total. The van der Waals surface area contributed by atoms with Gasteiger partial charge in [0.05, 0.1) is 4.34 Å². The molecule has 3 N–H and O–H groups in total. The molecule has 0 fully saturated rings. The van der Waals surface area contributed by atoms with Crippen LogP contribution in [0, 0.1) is 0 Å². The standard InChI is InChI=1S/C14H15ClN2S2/c15-14-6-5-10(18-14)8-11(17-16)13-7-9-3-1-2-4-12(9)19-13/h1-6,11,13,17H,7-8,16H2. The number of rotatable bonds is 4. The van der Waals surface area contributed by atoms with E-state index in [2.05, 4.69) is 35.8 Å². The third-order valence-electron chi connectivity index (χ3n) is 3.38. The van der Waals surface area contributed by atoms with Gasteiger partial charge in [0.25, 0.3) is 0 Å². The topological polar surface area (TPSA) is 38.0 Å². The van der Waals surface area contributed by atoms with Gasteiger partial charge in [-0.3, -0.25) is 11.3 Å². The fraction of sp³-hybridized carbons (Fsp3) is 0.286. The minimum atomic E-state index is 0.270. The van der Waals surface area contributed by atoms with Gasteiger partial charge in [-0.05, 0) is 36.6 Å². The third kappa shape index (κ3) is 2.98. The normalized spacial score (nSPS) is 19.4. The van der Waals surface area contributed by atoms with Crippen molar-refractivity contribution in [3.8, 4) is 0 Å². The number of halogens is 1. The number of hydrazine groups is 1. The second kappa shape index (κ2) is 5.85. The molecule has 0 saturated heterocycles. The summed E-state index contributed by atoms with van der Waals surface area (Å²) in [5, 5.41) is 0.489. The molecule has 3 rings (SSSR count). The van der Waals surface area contributed by atoms with Crippen LogP contribution in [-0.2, 0) is 12.8 Å². The van der Waals surface area contributed by atoms with Gasteiger partial charge in [-0.2, -0.15) is 0 Å². The monoisotopic (exact) mass is 310 g/mol. The largest absolute Gasteiger partial charge is 0.271 e. The predicted octanol–water partition coefficient (Wildman–Crippen LogP) is 3.49. The molecule has 100 valence electrons. The number of thiophene rings is 1. The maximum absolute atomic E-state index is 5.98. The number of hydrogen-bond acceptors (Lipinski definition) is 4. The van der Waals surface area contributed by atoms with Crippen LogP contribution in [0.3, 0.4) is 0 Å². The van der Waals surface area contributed by atoms with Crippen LogP contribution in [0.15, 0.2) is 41.3 Å². The van der Waals surface area contributed by atoms with Crippen molar-refractivity contribution in [2.75, 3.05) is 0 Å². The highest BCUT2D eigenvalue weighted by molar-refractivity contribution is 8.00. The van der Waals surface area contributed by atoms with Crippen LogP contribution >= 0.6 is 34.7 Å². The van der Waals surface area contributed by atoms with Crippen molar-refractivity contribution in [3.05, 3.63) is 51.2 Å². The Hall–Kier alpha value is -0.520. The zero-order valence-electron chi connectivity index (χ0n) is 10.3. The van der Waals surface area contributed by atoms with Crippen LogP contribution in [0.4, 0.5) is 0 Å². The molecule has 1 aliphatic heterocycles. The Labute approximate surface area is 126 Å². The van der Waals surface area contributed by atoms with Gasteiger partial charge in [-0.1, -0.05) is 29.8 Å². The summed E-state index contributed by atoms with van der Waals surface area (Å²) in [4.78, 5) is 2.67. The van der Waals surface area contributed by atoms with Crippen molar-refractivity contribution in [3.63, 3.8) is 0 Å². The summed E-state index contributed by atoms with van der Waals surface area (Å²) in [6.45, 7) is 0. The fourth-order valence-electron chi connectivity index (χ4n) is 2.41. The van der Waals surface area contributed by atoms with Crippen molar-refractivity contribution in [1.82, 2.24) is 5.43 Å². The first-order valence-electron chi connectivity index (χ1n) is 6.21. The second-order valence-electron chi connectivity index (χ2n) is 4.65. The molecular weight excluding hydrogens is 296 g/mol. The first-order valence-corrected chi connectivity index (χ1v) is 8.28. The Morgan fingerprint density at radius 1 is 1.32 bits per heavy atom. The lowest BCUT2D eigenvalue weighted by Gasteiger charge is -2.21. The maximum atomic E-state index is 5.98. The van der Waals surface area contributed by atoms with Crippen LogP contribution in [-0.4, -0.2) is 11.3 Å². The van der Waals surface area contributed by atoms with Crippen molar-refractivity contribution >= 4 is 34.7 Å². The third-order valence-corrected chi connectivity index (χ3v) is 6.09. The van der Waals surface area contributed by atoms with E-state index >= 15 is 0 Å². The maximum Gasteiger partial charge on any atom is 0.0931 e. The molecule has 2 unspecified atom stereocenters. The van der Waals surface area contributed by atoms with E-state index in [1.54, 1.807) is 11.3 Å². The molecule has 19 heavy (non-hydrogen) atoms. The van der Waals surface area contributed by atoms with E-state index in [0.29, 0.717) is 5.25 Å². The molecule has 0 bridgehead atoms. The Kier molecular flexibility index (Phi) is 4.15. The average Bonchev–Trinajstić information content (AvgIpc) is 3.01. The van der Waals surface area contributed by atoms with Gasteiger partial charge in [-0.15, -0.1) is 23.1 Å². The van der Waals surface area contributed by atoms with Crippen LogP contribution in [0.2, 0.25) is 4.34 Å². The predicted molar refractivity (Wildman–Crippen MR) is 83.9 cm³/mol. The molecule has 2 aromatic rings. The summed E-state index contributed by atoms with van der Waals surface area (Å²) >= 11 is 9.54. The van der Waals surface area contributed by atoms with E-state index in [1.807, 2.05) is 17.8 Å². The summed E-state index contributed by atoms with van der Waals surface area (Å²) in [7, 11) is 0. The quantitative estimate of drug-likeness (QED) is 0.670. The summed E-state index contributed by atoms with van der Waals surface area (Å²) in [6, 6.07) is 12.9. The molecule has 5 heteroatoms. The zero-order valence-corrected chi connectivity index (χ0v) is 12.7. The molecule has 2 atom stereocenters. The molecular formula is C14H15ClN2S2. The van der Waals surface area contributed by atoms with Gasteiger partial charge in [0, 0.05) is 21.1 Å². The first kappa shape index (κ1) is 13.5. The Bertz CT molecular complexity index is 545. The van der Waals surface area contributed by atoms with Crippen LogP contribution < -0.4 is 11.3 Å². The number of benzene rings is 1. The van der Waals surface area contributed by atoms with Crippen LogP contribution in [0.5, 0.6) is 0 Å². The highest BCUT2D eigenvalue weighted by Crippen LogP contribution is 2.39. The smallest absolute Gasteiger partial charge is 0.0931 e. The number of nitrogens with one attached hydrogen (secondary N) is 1. The number of nitrogens with two attached hydrogens (primary N) is 1. The van der Waals surface area contributed by atoms with Gasteiger partial charge >= 0.3 is 0 Å². The van der Waals surface area contributed by atoms with E-state index in [0.717, 1.165) is 17.2 Å². The molecule has 0 spiro atoms. The van der Waals surface area contributed by atoms with E-state index in [9.17, 15) is 0 Å². The van der Waals surface area contributed by atoms with E-state index in [-0.39, 0.29) is 6.04 Å². The van der Waals surface area contributed by atoms with Gasteiger partial charge in [0.15, 0.2) is 0 Å². The molecule has 0 saturated carbocycles. The Balaban J connectivity index is 1.71. The second-order valence-corrected chi connectivity index (χ2v) is 7.73. The van der Waals surface area contributed by atoms with Crippen LogP contribution in [0.25, 0.3) is 0 Å². The molecule has 2 heterocycles. The van der Waals surface area contributed by atoms with Gasteiger partial charge in [-0.25, -0.2) is 0 Å².